The summed E-state index contributed by atoms with van der Waals surface area (Å²) in [6.45, 7) is 3.03. The Bertz CT molecular complexity index is 196. The third kappa shape index (κ3) is 5.39. The summed E-state index contributed by atoms with van der Waals surface area (Å²) in [5.74, 6) is 2.23. The smallest absolute Gasteiger partial charge is 0.221 e. The molecule has 0 aliphatic carbocycles. The van der Waals surface area contributed by atoms with Gasteiger partial charge in [-0.2, -0.15) is 11.8 Å². The zero-order valence-electron chi connectivity index (χ0n) is 9.16. The molecule has 3 N–H and O–H groups in total. The molecule has 0 aromatic heterocycles. The summed E-state index contributed by atoms with van der Waals surface area (Å²) in [6, 6.07) is 0.379. The van der Waals surface area contributed by atoms with E-state index in [0.717, 1.165) is 18.1 Å². The molecule has 0 aromatic rings. The third-order valence-electron chi connectivity index (χ3n) is 2.40. The number of nitrogens with one attached hydrogen (secondary N) is 2. The Morgan fingerprint density at radius 3 is 3.13 bits per heavy atom. The number of thioether (sulfide) groups is 1. The van der Waals surface area contributed by atoms with E-state index in [4.69, 9.17) is 5.11 Å². The van der Waals surface area contributed by atoms with Gasteiger partial charge in [0.1, 0.15) is 0 Å². The second-order valence-electron chi connectivity index (χ2n) is 3.91. The van der Waals surface area contributed by atoms with Crippen molar-refractivity contribution in [2.75, 3.05) is 24.7 Å². The Hall–Kier alpha value is -0.260. The lowest BCUT2D eigenvalue weighted by atomic mass is 10.2. The molecule has 1 heterocycles. The Morgan fingerprint density at radius 1 is 1.73 bits per heavy atom. The van der Waals surface area contributed by atoms with Crippen molar-refractivity contribution in [1.82, 2.24) is 10.6 Å². The van der Waals surface area contributed by atoms with Crippen LogP contribution in [0.5, 0.6) is 0 Å². The van der Waals surface area contributed by atoms with Crippen molar-refractivity contribution in [3.05, 3.63) is 0 Å². The van der Waals surface area contributed by atoms with Crippen LogP contribution in [0.15, 0.2) is 0 Å². The van der Waals surface area contributed by atoms with Crippen LogP contribution < -0.4 is 10.6 Å². The van der Waals surface area contributed by atoms with Gasteiger partial charge in [0.15, 0.2) is 0 Å². The van der Waals surface area contributed by atoms with Crippen molar-refractivity contribution in [2.24, 2.45) is 0 Å². The van der Waals surface area contributed by atoms with Gasteiger partial charge in [-0.25, -0.2) is 0 Å². The lowest BCUT2D eigenvalue weighted by Gasteiger charge is -2.23. The van der Waals surface area contributed by atoms with E-state index in [-0.39, 0.29) is 18.6 Å². The fourth-order valence-electron chi connectivity index (χ4n) is 1.57. The molecule has 0 bridgehead atoms. The molecule has 0 aromatic carbocycles. The highest BCUT2D eigenvalue weighted by Crippen LogP contribution is 2.10. The van der Waals surface area contributed by atoms with Gasteiger partial charge in [-0.05, 0) is 13.3 Å². The van der Waals surface area contributed by atoms with E-state index in [1.165, 1.54) is 0 Å². The van der Waals surface area contributed by atoms with Crippen LogP contribution in [0.3, 0.4) is 0 Å². The highest BCUT2D eigenvalue weighted by molar-refractivity contribution is 7.99. The normalized spacial score (nSPS) is 23.5. The number of hydrogen-bond acceptors (Lipinski definition) is 4. The average molecular weight is 232 g/mol. The molecule has 1 fully saturated rings. The van der Waals surface area contributed by atoms with E-state index < -0.39 is 0 Å². The molecule has 0 saturated carbocycles. The summed E-state index contributed by atoms with van der Waals surface area (Å²) < 4.78 is 0. The monoisotopic (exact) mass is 232 g/mol. The first kappa shape index (κ1) is 12.8. The van der Waals surface area contributed by atoms with Crippen molar-refractivity contribution in [3.8, 4) is 0 Å². The number of carbonyl (C=O) groups excluding carboxylic acids is 1. The topological polar surface area (TPSA) is 61.4 Å². The standard InChI is InChI=1S/C10H20N2O2S/c1-8(2-4-13)12-10(14)6-9-7-15-5-3-11-9/h8-9,11,13H,2-7H2,1H3,(H,12,14). The van der Waals surface area contributed by atoms with Crippen molar-refractivity contribution < 1.29 is 9.90 Å². The largest absolute Gasteiger partial charge is 0.396 e. The lowest BCUT2D eigenvalue weighted by molar-refractivity contribution is -0.122. The first-order valence-electron chi connectivity index (χ1n) is 5.43. The van der Waals surface area contributed by atoms with Gasteiger partial charge in [-0.15, -0.1) is 0 Å². The minimum absolute atomic E-state index is 0.0683. The van der Waals surface area contributed by atoms with E-state index in [2.05, 4.69) is 10.6 Å². The molecule has 5 heteroatoms. The molecule has 1 amide bonds. The molecule has 1 rings (SSSR count). The van der Waals surface area contributed by atoms with Gasteiger partial charge in [-0.3, -0.25) is 4.79 Å². The van der Waals surface area contributed by atoms with Gasteiger partial charge in [0.05, 0.1) is 0 Å². The molecule has 2 unspecified atom stereocenters. The zero-order chi connectivity index (χ0) is 11.1. The van der Waals surface area contributed by atoms with Crippen LogP contribution in [-0.2, 0) is 4.79 Å². The Balaban J connectivity index is 2.16. The van der Waals surface area contributed by atoms with E-state index in [1.54, 1.807) is 0 Å². The third-order valence-corrected chi connectivity index (χ3v) is 3.53. The van der Waals surface area contributed by atoms with Crippen LogP contribution in [0.1, 0.15) is 19.8 Å². The average Bonchev–Trinajstić information content (AvgIpc) is 2.19. The second kappa shape index (κ2) is 7.09. The fourth-order valence-corrected chi connectivity index (χ4v) is 2.52. The summed E-state index contributed by atoms with van der Waals surface area (Å²) in [7, 11) is 0. The molecule has 4 nitrogen and oxygen atoms in total. The molecule has 1 aliphatic rings. The first-order chi connectivity index (χ1) is 7.22. The predicted octanol–water partition coefficient (Wildman–Crippen LogP) is -0.0314. The van der Waals surface area contributed by atoms with Crippen LogP contribution in [0, 0.1) is 0 Å². The molecule has 0 radical (unpaired) electrons. The summed E-state index contributed by atoms with van der Waals surface area (Å²) in [5.41, 5.74) is 0. The quantitative estimate of drug-likeness (QED) is 0.623. The van der Waals surface area contributed by atoms with Crippen LogP contribution in [0.2, 0.25) is 0 Å². The molecule has 1 saturated heterocycles. The van der Waals surface area contributed by atoms with Gasteiger partial charge in [-0.1, -0.05) is 0 Å². The predicted molar refractivity (Wildman–Crippen MR) is 63.0 cm³/mol. The van der Waals surface area contributed by atoms with E-state index >= 15 is 0 Å². The first-order valence-corrected chi connectivity index (χ1v) is 6.59. The molecular formula is C10H20N2O2S. The van der Waals surface area contributed by atoms with E-state index in [9.17, 15) is 4.79 Å². The molecule has 15 heavy (non-hydrogen) atoms. The molecule has 88 valence electrons. The summed E-state index contributed by atoms with van der Waals surface area (Å²) in [6.07, 6.45) is 1.17. The SMILES string of the molecule is CC(CCO)NC(=O)CC1CSCCN1. The number of amides is 1. The van der Waals surface area contributed by atoms with Gasteiger partial charge in [0.2, 0.25) is 5.91 Å². The maximum Gasteiger partial charge on any atom is 0.221 e. The van der Waals surface area contributed by atoms with E-state index in [0.29, 0.717) is 18.9 Å². The minimum Gasteiger partial charge on any atom is -0.396 e. The maximum absolute atomic E-state index is 11.6. The number of hydrogen-bond donors (Lipinski definition) is 3. The zero-order valence-corrected chi connectivity index (χ0v) is 9.98. The highest BCUT2D eigenvalue weighted by atomic mass is 32.2. The summed E-state index contributed by atoms with van der Waals surface area (Å²) >= 11 is 1.89. The minimum atomic E-state index is 0.0683. The summed E-state index contributed by atoms with van der Waals surface area (Å²) in [5, 5.41) is 14.9. The Labute approximate surface area is 95.2 Å². The van der Waals surface area contributed by atoms with Gasteiger partial charge in [0.25, 0.3) is 0 Å². The maximum atomic E-state index is 11.6. The van der Waals surface area contributed by atoms with Gasteiger partial charge in [0, 0.05) is 43.2 Å². The highest BCUT2D eigenvalue weighted by Gasteiger charge is 2.17. The Morgan fingerprint density at radius 2 is 2.53 bits per heavy atom. The molecule has 1 aliphatic heterocycles. The van der Waals surface area contributed by atoms with Crippen molar-refractivity contribution in [1.29, 1.82) is 0 Å². The van der Waals surface area contributed by atoms with Crippen LogP contribution in [0.25, 0.3) is 0 Å². The van der Waals surface area contributed by atoms with Crippen LogP contribution >= 0.6 is 11.8 Å². The van der Waals surface area contributed by atoms with Crippen molar-refractivity contribution in [3.63, 3.8) is 0 Å². The molecular weight excluding hydrogens is 212 g/mol. The molecule has 2 atom stereocenters. The van der Waals surface area contributed by atoms with Crippen molar-refractivity contribution >= 4 is 17.7 Å². The van der Waals surface area contributed by atoms with Gasteiger partial charge < -0.3 is 15.7 Å². The summed E-state index contributed by atoms with van der Waals surface area (Å²) in [4.78, 5) is 11.6. The number of aliphatic hydroxyl groups is 1. The van der Waals surface area contributed by atoms with Gasteiger partial charge >= 0.3 is 0 Å². The van der Waals surface area contributed by atoms with Crippen LogP contribution in [-0.4, -0.2) is 47.8 Å². The Kier molecular flexibility index (Phi) is 6.05. The lowest BCUT2D eigenvalue weighted by Crippen LogP contribution is -2.43. The fraction of sp³-hybridized carbons (Fsp3) is 0.900. The number of rotatable bonds is 5. The second-order valence-corrected chi connectivity index (χ2v) is 5.06. The van der Waals surface area contributed by atoms with Crippen LogP contribution in [0.4, 0.5) is 0 Å². The number of carbonyl (C=O) groups is 1. The van der Waals surface area contributed by atoms with Crippen molar-refractivity contribution in [2.45, 2.75) is 31.8 Å². The molecule has 0 spiro atoms. The number of aliphatic hydroxyl groups excluding tert-OH is 1. The van der Waals surface area contributed by atoms with E-state index in [1.807, 2.05) is 18.7 Å².